The molecular weight excluding hydrogens is 242 g/mol. The van der Waals surface area contributed by atoms with Crippen LogP contribution in [0.4, 0.5) is 8.78 Å². The van der Waals surface area contributed by atoms with Crippen LogP contribution >= 0.6 is 0 Å². The largest absolute Gasteiger partial charge is 0.223 e. The Bertz CT molecular complexity index is 662. The van der Waals surface area contributed by atoms with Crippen LogP contribution < -0.4 is 0 Å². The van der Waals surface area contributed by atoms with E-state index in [0.717, 1.165) is 10.7 Å². The van der Waals surface area contributed by atoms with Crippen LogP contribution in [0.1, 0.15) is 0 Å². The molecule has 1 aromatic carbocycles. The van der Waals surface area contributed by atoms with Gasteiger partial charge < -0.3 is 0 Å². The predicted octanol–water partition coefficient (Wildman–Crippen LogP) is 1.13. The van der Waals surface area contributed by atoms with Crippen LogP contribution in [0.25, 0.3) is 11.4 Å². The summed E-state index contributed by atoms with van der Waals surface area (Å²) in [5, 5.41) is 7.51. The van der Waals surface area contributed by atoms with Gasteiger partial charge in [-0.15, -0.1) is 0 Å². The molecule has 0 aliphatic rings. The summed E-state index contributed by atoms with van der Waals surface area (Å²) in [4.78, 5) is 7.37. The second-order valence-electron chi connectivity index (χ2n) is 3.41. The van der Waals surface area contributed by atoms with E-state index in [0.29, 0.717) is 0 Å². The van der Waals surface area contributed by atoms with Crippen molar-refractivity contribution < 1.29 is 8.78 Å². The number of halogens is 2. The second-order valence-corrected chi connectivity index (χ2v) is 3.41. The highest BCUT2D eigenvalue weighted by Crippen LogP contribution is 2.22. The molecule has 0 saturated carbocycles. The van der Waals surface area contributed by atoms with Gasteiger partial charge in [-0.3, -0.25) is 0 Å². The van der Waals surface area contributed by atoms with Gasteiger partial charge in [-0.2, -0.15) is 10.2 Å². The monoisotopic (exact) mass is 248 g/mol. The molecule has 0 aliphatic heterocycles. The van der Waals surface area contributed by atoms with Crippen molar-refractivity contribution in [2.45, 2.75) is 0 Å². The molecule has 0 radical (unpaired) electrons. The van der Waals surface area contributed by atoms with Gasteiger partial charge >= 0.3 is 0 Å². The van der Waals surface area contributed by atoms with Gasteiger partial charge in [0, 0.05) is 0 Å². The maximum absolute atomic E-state index is 14.2. The van der Waals surface area contributed by atoms with Gasteiger partial charge in [0.25, 0.3) is 0 Å². The van der Waals surface area contributed by atoms with Gasteiger partial charge in [0.05, 0.1) is 0 Å². The summed E-state index contributed by atoms with van der Waals surface area (Å²) in [6.45, 7) is 0. The van der Waals surface area contributed by atoms with Crippen molar-refractivity contribution in [2.24, 2.45) is 0 Å². The van der Waals surface area contributed by atoms with Crippen molar-refractivity contribution in [3.8, 4) is 11.4 Å². The first-order chi connectivity index (χ1) is 8.77. The van der Waals surface area contributed by atoms with E-state index in [1.807, 2.05) is 0 Å². The first-order valence-electron chi connectivity index (χ1n) is 4.95. The molecule has 2 aromatic heterocycles. The standard InChI is InChI=1S/C10H6F2N6/c11-7-1-2-8(17-5-13-3-15-17)9(12)10(7)18-6-14-4-16-18/h1-6H. The van der Waals surface area contributed by atoms with Crippen LogP contribution in [-0.4, -0.2) is 29.5 Å². The minimum Gasteiger partial charge on any atom is -0.223 e. The summed E-state index contributed by atoms with van der Waals surface area (Å²) in [6.07, 6.45) is 4.99. The van der Waals surface area contributed by atoms with Crippen LogP contribution in [-0.2, 0) is 0 Å². The van der Waals surface area contributed by atoms with Gasteiger partial charge in [0.2, 0.25) is 0 Å². The van der Waals surface area contributed by atoms with Gasteiger partial charge in [-0.25, -0.2) is 28.1 Å². The Morgan fingerprint density at radius 3 is 2.17 bits per heavy atom. The van der Waals surface area contributed by atoms with Crippen LogP contribution in [0, 0.1) is 11.6 Å². The molecule has 0 amide bonds. The molecule has 3 aromatic rings. The zero-order valence-corrected chi connectivity index (χ0v) is 8.90. The molecule has 0 atom stereocenters. The third kappa shape index (κ3) is 1.54. The van der Waals surface area contributed by atoms with Crippen molar-refractivity contribution in [1.82, 2.24) is 29.5 Å². The van der Waals surface area contributed by atoms with Crippen LogP contribution in [0.15, 0.2) is 37.4 Å². The number of benzene rings is 1. The first-order valence-corrected chi connectivity index (χ1v) is 4.95. The number of rotatable bonds is 2. The number of nitrogens with zero attached hydrogens (tertiary/aromatic N) is 6. The molecule has 0 saturated heterocycles. The normalized spacial score (nSPS) is 10.8. The Kier molecular flexibility index (Phi) is 2.33. The Labute approximate surface area is 99.5 Å². The Morgan fingerprint density at radius 2 is 1.56 bits per heavy atom. The number of hydrogen-bond acceptors (Lipinski definition) is 4. The summed E-state index contributed by atoms with van der Waals surface area (Å²) >= 11 is 0. The summed E-state index contributed by atoms with van der Waals surface area (Å²) in [6, 6.07) is 2.41. The molecule has 2 heterocycles. The van der Waals surface area contributed by atoms with Gasteiger partial charge in [-0.05, 0) is 12.1 Å². The summed E-state index contributed by atoms with van der Waals surface area (Å²) < 4.78 is 30.1. The average Bonchev–Trinajstić information content (AvgIpc) is 3.01. The Hall–Kier alpha value is -2.64. The lowest BCUT2D eigenvalue weighted by Gasteiger charge is -2.08. The fourth-order valence-electron chi connectivity index (χ4n) is 1.57. The van der Waals surface area contributed by atoms with Crippen LogP contribution in [0.3, 0.4) is 0 Å². The molecule has 8 heteroatoms. The zero-order valence-electron chi connectivity index (χ0n) is 8.90. The molecule has 0 N–H and O–H groups in total. The highest BCUT2D eigenvalue weighted by Gasteiger charge is 2.17. The van der Waals surface area contributed by atoms with Crippen molar-refractivity contribution in [3.05, 3.63) is 49.1 Å². The van der Waals surface area contributed by atoms with E-state index < -0.39 is 11.6 Å². The van der Waals surface area contributed by atoms with E-state index in [1.54, 1.807) is 0 Å². The molecule has 0 spiro atoms. The summed E-state index contributed by atoms with van der Waals surface area (Å²) in [7, 11) is 0. The van der Waals surface area contributed by atoms with Crippen molar-refractivity contribution in [3.63, 3.8) is 0 Å². The smallest absolute Gasteiger partial charge is 0.177 e. The molecular formula is C10H6F2N6. The molecule has 0 unspecified atom stereocenters. The highest BCUT2D eigenvalue weighted by molar-refractivity contribution is 5.45. The van der Waals surface area contributed by atoms with Gasteiger partial charge in [0.15, 0.2) is 11.6 Å². The Balaban J connectivity index is 2.24. The highest BCUT2D eigenvalue weighted by atomic mass is 19.1. The fraction of sp³-hybridized carbons (Fsp3) is 0. The molecule has 0 aliphatic carbocycles. The van der Waals surface area contributed by atoms with Crippen LogP contribution in [0.2, 0.25) is 0 Å². The van der Waals surface area contributed by atoms with E-state index in [9.17, 15) is 8.78 Å². The Morgan fingerprint density at radius 1 is 0.889 bits per heavy atom. The van der Waals surface area contributed by atoms with Crippen molar-refractivity contribution in [2.75, 3.05) is 0 Å². The second kappa shape index (κ2) is 3.99. The maximum Gasteiger partial charge on any atom is 0.177 e. The van der Waals surface area contributed by atoms with Gasteiger partial charge in [-0.1, -0.05) is 0 Å². The summed E-state index contributed by atoms with van der Waals surface area (Å²) in [5.41, 5.74) is -0.222. The van der Waals surface area contributed by atoms with Gasteiger partial charge in [0.1, 0.15) is 36.7 Å². The fourth-order valence-corrected chi connectivity index (χ4v) is 1.57. The van der Waals surface area contributed by atoms with Crippen molar-refractivity contribution >= 4 is 0 Å². The number of aromatic nitrogens is 6. The quantitative estimate of drug-likeness (QED) is 0.682. The first kappa shape index (κ1) is 10.5. The third-order valence-electron chi connectivity index (χ3n) is 2.36. The average molecular weight is 248 g/mol. The van der Waals surface area contributed by atoms with Crippen LogP contribution in [0.5, 0.6) is 0 Å². The molecule has 0 fully saturated rings. The summed E-state index contributed by atoms with van der Waals surface area (Å²) in [5.74, 6) is -1.52. The predicted molar refractivity (Wildman–Crippen MR) is 56.2 cm³/mol. The minimum atomic E-state index is -0.786. The van der Waals surface area contributed by atoms with E-state index in [1.165, 1.54) is 36.1 Å². The molecule has 18 heavy (non-hydrogen) atoms. The van der Waals surface area contributed by atoms with E-state index >= 15 is 0 Å². The van der Waals surface area contributed by atoms with E-state index in [4.69, 9.17) is 0 Å². The molecule has 0 bridgehead atoms. The lowest BCUT2D eigenvalue weighted by Crippen LogP contribution is -2.07. The topological polar surface area (TPSA) is 61.4 Å². The minimum absolute atomic E-state index is 0.0828. The molecule has 6 nitrogen and oxygen atoms in total. The SMILES string of the molecule is Fc1ccc(-n2cncn2)c(F)c1-n1cncn1. The maximum atomic E-state index is 14.2. The third-order valence-corrected chi connectivity index (χ3v) is 2.36. The van der Waals surface area contributed by atoms with E-state index in [2.05, 4.69) is 20.2 Å². The number of hydrogen-bond donors (Lipinski definition) is 0. The lowest BCUT2D eigenvalue weighted by atomic mass is 10.2. The van der Waals surface area contributed by atoms with E-state index in [-0.39, 0.29) is 11.4 Å². The zero-order chi connectivity index (χ0) is 12.5. The molecule has 90 valence electrons. The van der Waals surface area contributed by atoms with Crippen molar-refractivity contribution in [1.29, 1.82) is 0 Å². The molecule has 3 rings (SSSR count). The lowest BCUT2D eigenvalue weighted by molar-refractivity contribution is 0.551.